The lowest BCUT2D eigenvalue weighted by atomic mass is 10.1. The zero-order valence-electron chi connectivity index (χ0n) is 9.83. The van der Waals surface area contributed by atoms with E-state index in [1.54, 1.807) is 0 Å². The van der Waals surface area contributed by atoms with Crippen LogP contribution < -0.4 is 0 Å². The van der Waals surface area contributed by atoms with E-state index in [1.165, 1.54) is 7.11 Å². The fraction of sp³-hybridized carbons (Fsp3) is 0.750. The summed E-state index contributed by atoms with van der Waals surface area (Å²) in [6.07, 6.45) is 6.08. The third kappa shape index (κ3) is 7.14. The van der Waals surface area contributed by atoms with Crippen molar-refractivity contribution in [3.05, 3.63) is 12.7 Å². The number of rotatable bonds is 9. The molecule has 0 aromatic carbocycles. The first-order chi connectivity index (χ1) is 7.26. The molecule has 15 heavy (non-hydrogen) atoms. The number of allylic oxidation sites excluding steroid dienone is 1. The van der Waals surface area contributed by atoms with Crippen molar-refractivity contribution in [3.8, 4) is 0 Å². The molecule has 0 aromatic rings. The Bertz CT molecular complexity index is 178. The Morgan fingerprint density at radius 1 is 1.47 bits per heavy atom. The third-order valence-electron chi connectivity index (χ3n) is 2.16. The summed E-state index contributed by atoms with van der Waals surface area (Å²) in [6.45, 7) is 6.31. The number of unbranched alkanes of at least 4 members (excludes halogenated alkanes) is 2. The second-order valence-electron chi connectivity index (χ2n) is 3.46. The van der Waals surface area contributed by atoms with Gasteiger partial charge in [0, 0.05) is 6.61 Å². The van der Waals surface area contributed by atoms with E-state index in [1.807, 2.05) is 6.08 Å². The number of esters is 1. The summed E-state index contributed by atoms with van der Waals surface area (Å²) in [7, 11) is 1.40. The van der Waals surface area contributed by atoms with Crippen LogP contribution in [0.2, 0.25) is 0 Å². The Balaban J connectivity index is 3.79. The molecule has 0 fully saturated rings. The Morgan fingerprint density at radius 2 is 2.20 bits per heavy atom. The van der Waals surface area contributed by atoms with E-state index in [0.717, 1.165) is 32.1 Å². The molecule has 1 unspecified atom stereocenters. The van der Waals surface area contributed by atoms with E-state index >= 15 is 0 Å². The summed E-state index contributed by atoms with van der Waals surface area (Å²) in [5.74, 6) is -0.262. The molecule has 0 heterocycles. The van der Waals surface area contributed by atoms with Crippen LogP contribution in [-0.2, 0) is 14.3 Å². The Hall–Kier alpha value is -0.830. The molecule has 0 aliphatic heterocycles. The molecule has 0 bridgehead atoms. The third-order valence-corrected chi connectivity index (χ3v) is 2.16. The van der Waals surface area contributed by atoms with Crippen molar-refractivity contribution >= 4 is 5.97 Å². The molecular weight excluding hydrogens is 192 g/mol. The second kappa shape index (κ2) is 9.71. The Morgan fingerprint density at radius 3 is 2.73 bits per heavy atom. The summed E-state index contributed by atoms with van der Waals surface area (Å²) < 4.78 is 10.2. The summed E-state index contributed by atoms with van der Waals surface area (Å²) in [5, 5.41) is 0. The van der Waals surface area contributed by atoms with Gasteiger partial charge in [0.1, 0.15) is 0 Å². The highest BCUT2D eigenvalue weighted by Gasteiger charge is 2.18. The van der Waals surface area contributed by atoms with E-state index in [4.69, 9.17) is 4.74 Å². The van der Waals surface area contributed by atoms with Gasteiger partial charge in [-0.2, -0.15) is 0 Å². The summed E-state index contributed by atoms with van der Waals surface area (Å²) >= 11 is 0. The van der Waals surface area contributed by atoms with Crippen LogP contribution in [0.25, 0.3) is 0 Å². The molecule has 3 nitrogen and oxygen atoms in total. The van der Waals surface area contributed by atoms with Gasteiger partial charge < -0.3 is 9.47 Å². The van der Waals surface area contributed by atoms with Gasteiger partial charge in [0.05, 0.1) is 7.11 Å². The molecule has 3 heteroatoms. The summed E-state index contributed by atoms with van der Waals surface area (Å²) in [5.41, 5.74) is 0. The van der Waals surface area contributed by atoms with Gasteiger partial charge in [-0.1, -0.05) is 25.8 Å². The maximum atomic E-state index is 11.3. The van der Waals surface area contributed by atoms with Crippen LogP contribution in [-0.4, -0.2) is 25.8 Å². The number of carbonyl (C=O) groups is 1. The number of ether oxygens (including phenoxy) is 2. The molecule has 0 aromatic heterocycles. The molecule has 88 valence electrons. The number of methoxy groups -OCH3 is 1. The highest BCUT2D eigenvalue weighted by atomic mass is 16.6. The Labute approximate surface area is 92.5 Å². The normalized spacial score (nSPS) is 12.1. The standard InChI is InChI=1S/C12H22O3/c1-4-6-8-10-15-11(9-7-5-2)12(13)14-3/h4,11H,1,5-10H2,2-3H3. The van der Waals surface area contributed by atoms with Crippen molar-refractivity contribution in [2.45, 2.75) is 45.1 Å². The average molecular weight is 214 g/mol. The van der Waals surface area contributed by atoms with Gasteiger partial charge in [-0.15, -0.1) is 6.58 Å². The van der Waals surface area contributed by atoms with Crippen molar-refractivity contribution in [1.82, 2.24) is 0 Å². The van der Waals surface area contributed by atoms with Gasteiger partial charge in [-0.3, -0.25) is 0 Å². The van der Waals surface area contributed by atoms with Gasteiger partial charge in [0.15, 0.2) is 6.10 Å². The maximum absolute atomic E-state index is 11.3. The lowest BCUT2D eigenvalue weighted by Gasteiger charge is -2.14. The molecule has 0 rings (SSSR count). The lowest BCUT2D eigenvalue weighted by Crippen LogP contribution is -2.26. The van der Waals surface area contributed by atoms with Gasteiger partial charge in [-0.05, 0) is 19.3 Å². The van der Waals surface area contributed by atoms with Gasteiger partial charge in [0.25, 0.3) is 0 Å². The highest BCUT2D eigenvalue weighted by Crippen LogP contribution is 2.07. The first kappa shape index (κ1) is 14.2. The number of hydrogen-bond acceptors (Lipinski definition) is 3. The quantitative estimate of drug-likeness (QED) is 0.336. The molecule has 0 N–H and O–H groups in total. The summed E-state index contributed by atoms with van der Waals surface area (Å²) in [6, 6.07) is 0. The number of carbonyl (C=O) groups excluding carboxylic acids is 1. The molecular formula is C12H22O3. The first-order valence-electron chi connectivity index (χ1n) is 5.56. The zero-order valence-corrected chi connectivity index (χ0v) is 9.83. The van der Waals surface area contributed by atoms with Crippen LogP contribution in [0.3, 0.4) is 0 Å². The lowest BCUT2D eigenvalue weighted by molar-refractivity contribution is -0.154. The number of hydrogen-bond donors (Lipinski definition) is 0. The minimum atomic E-state index is -0.389. The zero-order chi connectivity index (χ0) is 11.5. The highest BCUT2D eigenvalue weighted by molar-refractivity contribution is 5.74. The molecule has 1 atom stereocenters. The van der Waals surface area contributed by atoms with Crippen molar-refractivity contribution in [1.29, 1.82) is 0 Å². The van der Waals surface area contributed by atoms with E-state index in [9.17, 15) is 4.79 Å². The minimum absolute atomic E-state index is 0.262. The molecule has 0 amide bonds. The fourth-order valence-electron chi connectivity index (χ4n) is 1.24. The van der Waals surface area contributed by atoms with Crippen molar-refractivity contribution < 1.29 is 14.3 Å². The molecule has 0 saturated heterocycles. The smallest absolute Gasteiger partial charge is 0.334 e. The van der Waals surface area contributed by atoms with E-state index in [2.05, 4.69) is 18.2 Å². The van der Waals surface area contributed by atoms with Crippen LogP contribution >= 0.6 is 0 Å². The minimum Gasteiger partial charge on any atom is -0.467 e. The first-order valence-corrected chi connectivity index (χ1v) is 5.56. The average Bonchev–Trinajstić information content (AvgIpc) is 2.27. The monoisotopic (exact) mass is 214 g/mol. The van der Waals surface area contributed by atoms with Crippen LogP contribution in [0.5, 0.6) is 0 Å². The maximum Gasteiger partial charge on any atom is 0.334 e. The topological polar surface area (TPSA) is 35.5 Å². The van der Waals surface area contributed by atoms with Gasteiger partial charge in [0.2, 0.25) is 0 Å². The summed E-state index contributed by atoms with van der Waals surface area (Å²) in [4.78, 5) is 11.3. The van der Waals surface area contributed by atoms with E-state index < -0.39 is 0 Å². The van der Waals surface area contributed by atoms with E-state index in [-0.39, 0.29) is 12.1 Å². The van der Waals surface area contributed by atoms with E-state index in [0.29, 0.717) is 6.61 Å². The SMILES string of the molecule is C=CCCCOC(CCCC)C(=O)OC. The van der Waals surface area contributed by atoms with Crippen molar-refractivity contribution in [2.75, 3.05) is 13.7 Å². The predicted molar refractivity (Wildman–Crippen MR) is 60.7 cm³/mol. The molecule has 0 spiro atoms. The predicted octanol–water partition coefficient (Wildman–Crippen LogP) is 2.70. The largest absolute Gasteiger partial charge is 0.467 e. The second-order valence-corrected chi connectivity index (χ2v) is 3.46. The van der Waals surface area contributed by atoms with Crippen molar-refractivity contribution in [3.63, 3.8) is 0 Å². The van der Waals surface area contributed by atoms with Crippen LogP contribution in [0.15, 0.2) is 12.7 Å². The van der Waals surface area contributed by atoms with Gasteiger partial charge >= 0.3 is 5.97 Å². The molecule has 0 aliphatic carbocycles. The fourth-order valence-corrected chi connectivity index (χ4v) is 1.24. The van der Waals surface area contributed by atoms with Crippen LogP contribution in [0.1, 0.15) is 39.0 Å². The van der Waals surface area contributed by atoms with Crippen LogP contribution in [0, 0.1) is 0 Å². The molecule has 0 radical (unpaired) electrons. The van der Waals surface area contributed by atoms with Crippen LogP contribution in [0.4, 0.5) is 0 Å². The Kier molecular flexibility index (Phi) is 9.18. The van der Waals surface area contributed by atoms with Gasteiger partial charge in [-0.25, -0.2) is 4.79 Å². The molecule has 0 aliphatic rings. The molecule has 0 saturated carbocycles. The van der Waals surface area contributed by atoms with Crippen molar-refractivity contribution in [2.24, 2.45) is 0 Å².